The zero-order valence-corrected chi connectivity index (χ0v) is 16.7. The molecule has 1 N–H and O–H groups in total. The fourth-order valence-electron chi connectivity index (χ4n) is 3.11. The fourth-order valence-corrected chi connectivity index (χ4v) is 3.23. The summed E-state index contributed by atoms with van der Waals surface area (Å²) in [6.07, 6.45) is 0. The van der Waals surface area contributed by atoms with E-state index in [0.717, 1.165) is 44.0 Å². The molecule has 0 saturated carbocycles. The van der Waals surface area contributed by atoms with Crippen molar-refractivity contribution in [2.75, 3.05) is 51.2 Å². The quantitative estimate of drug-likeness (QED) is 0.766. The molecule has 1 saturated heterocycles. The number of anilines is 1. The third-order valence-electron chi connectivity index (χ3n) is 4.72. The van der Waals surface area contributed by atoms with Gasteiger partial charge in [0.2, 0.25) is 5.91 Å². The number of hydrogen-bond acceptors (Lipinski definition) is 4. The summed E-state index contributed by atoms with van der Waals surface area (Å²) in [5.41, 5.74) is 1.06. The molecule has 150 valence electrons. The highest BCUT2D eigenvalue weighted by molar-refractivity contribution is 6.30. The highest BCUT2D eigenvalue weighted by Crippen LogP contribution is 2.16. The molecule has 1 heterocycles. The Labute approximate surface area is 170 Å². The zero-order chi connectivity index (χ0) is 19.9. The van der Waals surface area contributed by atoms with Crippen molar-refractivity contribution in [1.29, 1.82) is 0 Å². The number of benzene rings is 2. The first-order valence-electron chi connectivity index (χ1n) is 9.39. The van der Waals surface area contributed by atoms with Crippen LogP contribution in [0.25, 0.3) is 0 Å². The van der Waals surface area contributed by atoms with E-state index in [0.29, 0.717) is 11.6 Å². The summed E-state index contributed by atoms with van der Waals surface area (Å²) in [5.74, 6) is 0.212. The number of nitrogens with zero attached hydrogens (tertiary/aromatic N) is 2. The average Bonchev–Trinajstić information content (AvgIpc) is 2.67. The summed E-state index contributed by atoms with van der Waals surface area (Å²) in [4.78, 5) is 16.6. The second-order valence-corrected chi connectivity index (χ2v) is 7.39. The number of aryl methyl sites for hydroxylation is 1. The first-order valence-corrected chi connectivity index (χ1v) is 9.76. The van der Waals surface area contributed by atoms with E-state index in [4.69, 9.17) is 16.3 Å². The van der Waals surface area contributed by atoms with E-state index in [2.05, 4.69) is 15.1 Å². The Morgan fingerprint density at radius 1 is 1.11 bits per heavy atom. The fraction of sp³-hybridized carbons (Fsp3) is 0.381. The van der Waals surface area contributed by atoms with Crippen LogP contribution < -0.4 is 10.1 Å². The molecule has 7 heteroatoms. The maximum Gasteiger partial charge on any atom is 0.238 e. The minimum absolute atomic E-state index is 0.192. The molecule has 0 aliphatic carbocycles. The lowest BCUT2D eigenvalue weighted by Crippen LogP contribution is -2.49. The van der Waals surface area contributed by atoms with Crippen LogP contribution in [0.4, 0.5) is 10.1 Å². The minimum Gasteiger partial charge on any atom is -0.492 e. The smallest absolute Gasteiger partial charge is 0.238 e. The molecule has 0 bridgehead atoms. The Bertz CT molecular complexity index is 793. The Morgan fingerprint density at radius 3 is 2.46 bits per heavy atom. The third-order valence-corrected chi connectivity index (χ3v) is 4.97. The van der Waals surface area contributed by atoms with Gasteiger partial charge in [-0.15, -0.1) is 0 Å². The van der Waals surface area contributed by atoms with E-state index in [1.165, 1.54) is 6.07 Å². The number of rotatable bonds is 7. The summed E-state index contributed by atoms with van der Waals surface area (Å²) in [5, 5.41) is 3.35. The molecule has 0 atom stereocenters. The van der Waals surface area contributed by atoms with Crippen molar-refractivity contribution in [3.63, 3.8) is 0 Å². The molecular formula is C21H25ClFN3O2. The third kappa shape index (κ3) is 6.19. The molecule has 2 aromatic rings. The lowest BCUT2D eigenvalue weighted by Gasteiger charge is -2.34. The number of amides is 1. The summed E-state index contributed by atoms with van der Waals surface area (Å²) >= 11 is 5.86. The molecule has 0 unspecified atom stereocenters. The molecule has 0 aromatic heterocycles. The van der Waals surface area contributed by atoms with Gasteiger partial charge in [-0.25, -0.2) is 4.39 Å². The highest BCUT2D eigenvalue weighted by Gasteiger charge is 2.19. The van der Waals surface area contributed by atoms with Crippen molar-refractivity contribution in [2.24, 2.45) is 0 Å². The lowest BCUT2D eigenvalue weighted by molar-refractivity contribution is -0.117. The summed E-state index contributed by atoms with van der Waals surface area (Å²) in [6.45, 7) is 6.85. The number of nitrogens with one attached hydrogen (secondary N) is 1. The summed E-state index contributed by atoms with van der Waals surface area (Å²) < 4.78 is 19.6. The van der Waals surface area contributed by atoms with Gasteiger partial charge in [0, 0.05) is 37.7 Å². The van der Waals surface area contributed by atoms with Crippen LogP contribution in [0.2, 0.25) is 5.02 Å². The van der Waals surface area contributed by atoms with Crippen LogP contribution in [0.5, 0.6) is 5.75 Å². The largest absolute Gasteiger partial charge is 0.492 e. The van der Waals surface area contributed by atoms with Crippen molar-refractivity contribution in [3.8, 4) is 5.75 Å². The van der Waals surface area contributed by atoms with E-state index in [-0.39, 0.29) is 18.1 Å². The van der Waals surface area contributed by atoms with Gasteiger partial charge in [-0.2, -0.15) is 0 Å². The van der Waals surface area contributed by atoms with Gasteiger partial charge < -0.3 is 10.1 Å². The molecule has 2 aromatic carbocycles. The predicted molar refractivity (Wildman–Crippen MR) is 110 cm³/mol. The number of hydrogen-bond donors (Lipinski definition) is 1. The van der Waals surface area contributed by atoms with Crippen molar-refractivity contribution in [2.45, 2.75) is 6.92 Å². The van der Waals surface area contributed by atoms with Crippen LogP contribution in [0.3, 0.4) is 0 Å². The molecule has 0 radical (unpaired) electrons. The average molecular weight is 406 g/mol. The van der Waals surface area contributed by atoms with Gasteiger partial charge in [0.1, 0.15) is 18.2 Å². The minimum atomic E-state index is -0.404. The van der Waals surface area contributed by atoms with E-state index in [1.54, 1.807) is 12.1 Å². The van der Waals surface area contributed by atoms with E-state index < -0.39 is 5.82 Å². The molecule has 1 amide bonds. The molecule has 1 fully saturated rings. The van der Waals surface area contributed by atoms with Crippen LogP contribution in [-0.2, 0) is 4.79 Å². The van der Waals surface area contributed by atoms with Crippen LogP contribution >= 0.6 is 11.6 Å². The van der Waals surface area contributed by atoms with Crippen LogP contribution in [-0.4, -0.2) is 61.6 Å². The van der Waals surface area contributed by atoms with Gasteiger partial charge in [-0.05, 0) is 48.9 Å². The second kappa shape index (κ2) is 9.87. The molecule has 1 aliphatic rings. The summed E-state index contributed by atoms with van der Waals surface area (Å²) in [7, 11) is 0. The Morgan fingerprint density at radius 2 is 1.79 bits per heavy atom. The second-order valence-electron chi connectivity index (χ2n) is 6.95. The summed E-state index contributed by atoms with van der Waals surface area (Å²) in [6, 6.07) is 12.1. The van der Waals surface area contributed by atoms with E-state index >= 15 is 0 Å². The van der Waals surface area contributed by atoms with Gasteiger partial charge in [0.05, 0.1) is 12.2 Å². The van der Waals surface area contributed by atoms with E-state index in [9.17, 15) is 9.18 Å². The SMILES string of the molecule is Cc1ccc(NC(=O)CN2CCN(CCOc3ccc(Cl)cc3)CC2)c(F)c1. The topological polar surface area (TPSA) is 44.8 Å². The van der Waals surface area contributed by atoms with Gasteiger partial charge in [-0.1, -0.05) is 17.7 Å². The number of ether oxygens (including phenoxy) is 1. The van der Waals surface area contributed by atoms with Gasteiger partial charge in [-0.3, -0.25) is 14.6 Å². The first kappa shape index (κ1) is 20.6. The first-order chi connectivity index (χ1) is 13.5. The normalized spacial score (nSPS) is 15.4. The maximum atomic E-state index is 13.8. The molecular weight excluding hydrogens is 381 g/mol. The van der Waals surface area contributed by atoms with Crippen LogP contribution in [0.1, 0.15) is 5.56 Å². The maximum absolute atomic E-state index is 13.8. The van der Waals surface area contributed by atoms with Gasteiger partial charge in [0.15, 0.2) is 0 Å². The number of carbonyl (C=O) groups is 1. The Hall–Kier alpha value is -2.15. The van der Waals surface area contributed by atoms with Crippen molar-refractivity contribution in [1.82, 2.24) is 9.80 Å². The van der Waals surface area contributed by atoms with E-state index in [1.807, 2.05) is 31.2 Å². The van der Waals surface area contributed by atoms with Crippen LogP contribution in [0, 0.1) is 12.7 Å². The van der Waals surface area contributed by atoms with Gasteiger partial charge in [0.25, 0.3) is 0 Å². The van der Waals surface area contributed by atoms with Crippen molar-refractivity contribution in [3.05, 3.63) is 58.9 Å². The molecule has 3 rings (SSSR count). The molecule has 0 spiro atoms. The number of halogens is 2. The van der Waals surface area contributed by atoms with Crippen molar-refractivity contribution < 1.29 is 13.9 Å². The van der Waals surface area contributed by atoms with Crippen LogP contribution in [0.15, 0.2) is 42.5 Å². The van der Waals surface area contributed by atoms with Crippen molar-refractivity contribution >= 4 is 23.2 Å². The zero-order valence-electron chi connectivity index (χ0n) is 16.0. The Kier molecular flexibility index (Phi) is 7.25. The molecule has 1 aliphatic heterocycles. The molecule has 28 heavy (non-hydrogen) atoms. The monoisotopic (exact) mass is 405 g/mol. The van der Waals surface area contributed by atoms with Gasteiger partial charge >= 0.3 is 0 Å². The predicted octanol–water partition coefficient (Wildman–Crippen LogP) is 3.42. The molecule has 5 nitrogen and oxygen atoms in total. The standard InChI is InChI=1S/C21H25ClFN3O2/c1-16-2-7-20(19(23)14-16)24-21(27)15-26-10-8-25(9-11-26)12-13-28-18-5-3-17(22)4-6-18/h2-7,14H,8-13,15H2,1H3,(H,24,27). The Balaban J connectivity index is 1.35. The lowest BCUT2D eigenvalue weighted by atomic mass is 10.2. The number of piperazine rings is 1. The number of carbonyl (C=O) groups excluding carboxylic acids is 1. The highest BCUT2D eigenvalue weighted by atomic mass is 35.5.